The van der Waals surface area contributed by atoms with Crippen LogP contribution >= 0.6 is 0 Å². The minimum atomic E-state index is -0.171. The zero-order valence-electron chi connectivity index (χ0n) is 10.8. The molecule has 0 amide bonds. The number of rotatable bonds is 6. The van der Waals surface area contributed by atoms with Crippen molar-refractivity contribution >= 4 is 0 Å². The molecule has 0 spiro atoms. The van der Waals surface area contributed by atoms with Gasteiger partial charge in [-0.3, -0.25) is 0 Å². The third kappa shape index (κ3) is 3.43. The van der Waals surface area contributed by atoms with Crippen LogP contribution < -0.4 is 5.73 Å². The van der Waals surface area contributed by atoms with Crippen LogP contribution in [0.25, 0.3) is 0 Å². The average Bonchev–Trinajstić information content (AvgIpc) is 2.97. The lowest BCUT2D eigenvalue weighted by Gasteiger charge is -2.08. The van der Waals surface area contributed by atoms with Crippen molar-refractivity contribution in [2.45, 2.75) is 39.2 Å². The molecule has 2 heterocycles. The number of aromatic nitrogens is 2. The maximum Gasteiger partial charge on any atom is 0.233 e. The molecule has 0 aliphatic carbocycles. The standard InChI is InChI=1S/C13H19N3O2/c1-9(2)8-11(14)13-16-15-12(18-13)6-5-10-4-3-7-17-10/h3-4,7,9,11H,5-6,8,14H2,1-2H3. The predicted molar refractivity (Wildman–Crippen MR) is 66.8 cm³/mol. The summed E-state index contributed by atoms with van der Waals surface area (Å²) in [4.78, 5) is 0. The minimum absolute atomic E-state index is 0.171. The summed E-state index contributed by atoms with van der Waals surface area (Å²) in [5.74, 6) is 2.57. The highest BCUT2D eigenvalue weighted by molar-refractivity contribution is 5.00. The third-order valence-electron chi connectivity index (χ3n) is 2.69. The van der Waals surface area contributed by atoms with Gasteiger partial charge in [0.05, 0.1) is 12.3 Å². The van der Waals surface area contributed by atoms with E-state index in [1.807, 2.05) is 12.1 Å². The topological polar surface area (TPSA) is 78.1 Å². The van der Waals surface area contributed by atoms with E-state index in [4.69, 9.17) is 14.6 Å². The first-order valence-corrected chi connectivity index (χ1v) is 6.25. The van der Waals surface area contributed by atoms with E-state index in [9.17, 15) is 0 Å². The Kier molecular flexibility index (Phi) is 4.15. The molecule has 0 saturated heterocycles. The molecule has 0 fully saturated rings. The molecule has 1 unspecified atom stereocenters. The lowest BCUT2D eigenvalue weighted by molar-refractivity contribution is 0.380. The molecule has 0 aliphatic rings. The molecule has 5 nitrogen and oxygen atoms in total. The van der Waals surface area contributed by atoms with Crippen LogP contribution in [-0.2, 0) is 12.8 Å². The third-order valence-corrected chi connectivity index (χ3v) is 2.69. The van der Waals surface area contributed by atoms with E-state index in [0.29, 0.717) is 24.1 Å². The molecule has 2 aromatic heterocycles. The van der Waals surface area contributed by atoms with Gasteiger partial charge in [0.25, 0.3) is 0 Å². The van der Waals surface area contributed by atoms with Crippen molar-refractivity contribution in [3.8, 4) is 0 Å². The van der Waals surface area contributed by atoms with E-state index in [2.05, 4.69) is 24.0 Å². The van der Waals surface area contributed by atoms with Crippen LogP contribution in [0.3, 0.4) is 0 Å². The van der Waals surface area contributed by atoms with Gasteiger partial charge < -0.3 is 14.6 Å². The van der Waals surface area contributed by atoms with Crippen molar-refractivity contribution in [1.29, 1.82) is 0 Å². The van der Waals surface area contributed by atoms with Crippen LogP contribution in [0.2, 0.25) is 0 Å². The van der Waals surface area contributed by atoms with Crippen molar-refractivity contribution < 1.29 is 8.83 Å². The number of furan rings is 1. The van der Waals surface area contributed by atoms with Crippen LogP contribution in [0, 0.1) is 5.92 Å². The number of aryl methyl sites for hydroxylation is 2. The van der Waals surface area contributed by atoms with Crippen LogP contribution in [-0.4, -0.2) is 10.2 Å². The molecule has 98 valence electrons. The van der Waals surface area contributed by atoms with Crippen LogP contribution in [0.15, 0.2) is 27.2 Å². The molecule has 2 aromatic rings. The van der Waals surface area contributed by atoms with Gasteiger partial charge in [-0.15, -0.1) is 10.2 Å². The van der Waals surface area contributed by atoms with Gasteiger partial charge in [-0.25, -0.2) is 0 Å². The zero-order chi connectivity index (χ0) is 13.0. The lowest BCUT2D eigenvalue weighted by atomic mass is 10.1. The van der Waals surface area contributed by atoms with Crippen molar-refractivity contribution in [3.05, 3.63) is 35.9 Å². The Hall–Kier alpha value is -1.62. The summed E-state index contributed by atoms with van der Waals surface area (Å²) in [6.07, 6.45) is 3.94. The summed E-state index contributed by atoms with van der Waals surface area (Å²) in [7, 11) is 0. The Morgan fingerprint density at radius 2 is 2.11 bits per heavy atom. The lowest BCUT2D eigenvalue weighted by Crippen LogP contribution is -2.13. The van der Waals surface area contributed by atoms with Gasteiger partial charge >= 0.3 is 0 Å². The summed E-state index contributed by atoms with van der Waals surface area (Å²) in [6.45, 7) is 4.24. The Morgan fingerprint density at radius 1 is 1.28 bits per heavy atom. The van der Waals surface area contributed by atoms with Gasteiger partial charge in [0, 0.05) is 12.8 Å². The van der Waals surface area contributed by atoms with Crippen molar-refractivity contribution in [3.63, 3.8) is 0 Å². The van der Waals surface area contributed by atoms with E-state index >= 15 is 0 Å². The van der Waals surface area contributed by atoms with Crippen molar-refractivity contribution in [2.24, 2.45) is 11.7 Å². The molecule has 18 heavy (non-hydrogen) atoms. The maximum absolute atomic E-state index is 5.99. The highest BCUT2D eigenvalue weighted by Crippen LogP contribution is 2.18. The molecular formula is C13H19N3O2. The highest BCUT2D eigenvalue weighted by atomic mass is 16.4. The van der Waals surface area contributed by atoms with E-state index < -0.39 is 0 Å². The molecule has 0 aromatic carbocycles. The summed E-state index contributed by atoms with van der Waals surface area (Å²) >= 11 is 0. The van der Waals surface area contributed by atoms with Gasteiger partial charge in [-0.1, -0.05) is 13.8 Å². The molecule has 2 N–H and O–H groups in total. The second-order valence-electron chi connectivity index (χ2n) is 4.85. The average molecular weight is 249 g/mol. The SMILES string of the molecule is CC(C)CC(N)c1nnc(CCc2ccco2)o1. The summed E-state index contributed by atoms with van der Waals surface area (Å²) < 4.78 is 10.8. The van der Waals surface area contributed by atoms with Crippen LogP contribution in [0.5, 0.6) is 0 Å². The van der Waals surface area contributed by atoms with E-state index in [1.54, 1.807) is 6.26 Å². The Bertz CT molecular complexity index is 462. The first-order chi connectivity index (χ1) is 8.65. The maximum atomic E-state index is 5.99. The monoisotopic (exact) mass is 249 g/mol. The Labute approximate surface area is 106 Å². The first kappa shape index (κ1) is 12.8. The molecule has 0 saturated carbocycles. The summed E-state index contributed by atoms with van der Waals surface area (Å²) in [6, 6.07) is 3.63. The van der Waals surface area contributed by atoms with Crippen molar-refractivity contribution in [1.82, 2.24) is 10.2 Å². The Balaban J connectivity index is 1.89. The largest absolute Gasteiger partial charge is 0.469 e. The molecule has 0 aliphatic heterocycles. The zero-order valence-corrected chi connectivity index (χ0v) is 10.8. The number of hydrogen-bond acceptors (Lipinski definition) is 5. The van der Waals surface area contributed by atoms with Gasteiger partial charge in [0.2, 0.25) is 11.8 Å². The van der Waals surface area contributed by atoms with E-state index in [0.717, 1.165) is 18.6 Å². The van der Waals surface area contributed by atoms with Gasteiger partial charge in [-0.2, -0.15) is 0 Å². The molecule has 0 radical (unpaired) electrons. The fourth-order valence-corrected chi connectivity index (χ4v) is 1.81. The van der Waals surface area contributed by atoms with E-state index in [-0.39, 0.29) is 6.04 Å². The molecule has 5 heteroatoms. The smallest absolute Gasteiger partial charge is 0.233 e. The molecule has 1 atom stereocenters. The van der Waals surface area contributed by atoms with Crippen molar-refractivity contribution in [2.75, 3.05) is 0 Å². The van der Waals surface area contributed by atoms with Gasteiger partial charge in [0.15, 0.2) is 0 Å². The summed E-state index contributed by atoms with van der Waals surface area (Å²) in [5, 5.41) is 8.00. The predicted octanol–water partition coefficient (Wildman–Crippen LogP) is 2.49. The molecular weight excluding hydrogens is 230 g/mol. The fraction of sp³-hybridized carbons (Fsp3) is 0.538. The Morgan fingerprint density at radius 3 is 2.78 bits per heavy atom. The fourth-order valence-electron chi connectivity index (χ4n) is 1.81. The molecule has 0 bridgehead atoms. The van der Waals surface area contributed by atoms with Gasteiger partial charge in [-0.05, 0) is 24.5 Å². The summed E-state index contributed by atoms with van der Waals surface area (Å²) in [5.41, 5.74) is 5.99. The number of hydrogen-bond donors (Lipinski definition) is 1. The normalized spacial score (nSPS) is 13.1. The van der Waals surface area contributed by atoms with Gasteiger partial charge in [0.1, 0.15) is 5.76 Å². The van der Waals surface area contributed by atoms with E-state index in [1.165, 1.54) is 0 Å². The minimum Gasteiger partial charge on any atom is -0.469 e. The van der Waals surface area contributed by atoms with Crippen LogP contribution in [0.1, 0.15) is 43.9 Å². The molecule has 2 rings (SSSR count). The number of nitrogens with two attached hydrogens (primary N) is 1. The second-order valence-corrected chi connectivity index (χ2v) is 4.85. The first-order valence-electron chi connectivity index (χ1n) is 6.25. The highest BCUT2D eigenvalue weighted by Gasteiger charge is 2.15. The van der Waals surface area contributed by atoms with Crippen LogP contribution in [0.4, 0.5) is 0 Å². The second kappa shape index (κ2) is 5.82. The number of nitrogens with zero attached hydrogens (tertiary/aromatic N) is 2. The quantitative estimate of drug-likeness (QED) is 0.851.